The predicted molar refractivity (Wildman–Crippen MR) is 447 cm³/mol. The fourth-order valence-electron chi connectivity index (χ4n) is 12.8. The standard InChI is InChI=1S/C20H33N4O4PS.C19H31N4O4PS.C16H26N5O4P.C15H24N5O4P/c1-6-7-8-11-30-20-23-14-17(21-12(2)22-18(14)27)24(20)19-16(26)15(25)13(28-19)9-10-29(3,4)5;1-6-7-10-29-19-22-13-16(20-11(2)21-17(13)26)23(19)18-15(25)14(24)12(27-18)8-9-28(3,4)5;1-20(2)16-18-13-10(14(24)19-16)17-8-21(13)15-12(23)11(22)9(25-15)6-7-26(3,4)5;1-16-15-18-12-9(13(23)19-15)17-7-20(12)14-11(22)10(21)8(24-14)5-6-25(2,3)4/h13,15-16,19,25-26H,3,6-11H2,1-2,4-5H3,(H,21,22,27);12,14-15,18,24-25H,3,6-10H2,1-2,4-5H3,(H,20,21,26);8-9,11-12,15,22-23H,3,6-7H2,1-2,4-5H3,(H,18,19,24);7-8,10-11,14,21-22H,2,5-6H2,1,3-4H3,(H2,16,18,19,23)/t13-,15-,16-,19?;12-,14-,15-,18?;9-,11-,12-,15?;8-,10-,11-,14?/m1111/s1. The van der Waals surface area contributed by atoms with Gasteiger partial charge in [0.15, 0.2) is 79.9 Å². The van der Waals surface area contributed by atoms with Crippen molar-refractivity contribution in [3.63, 3.8) is 0 Å². The normalized spacial score (nSPS) is 25.8. The third kappa shape index (κ3) is 21.5. The Labute approximate surface area is 647 Å². The van der Waals surface area contributed by atoms with E-state index in [9.17, 15) is 60.0 Å². The number of aryl methyl sites for hydroxylation is 2. The second-order valence-corrected chi connectivity index (χ2v) is 50.9. The lowest BCUT2D eigenvalue weighted by molar-refractivity contribution is -0.0400. The second-order valence-electron chi connectivity index (χ2n) is 31.5. The van der Waals surface area contributed by atoms with Gasteiger partial charge in [0, 0.05) is 32.6 Å². The van der Waals surface area contributed by atoms with Crippen molar-refractivity contribution in [3.05, 3.63) is 65.7 Å². The average Bonchev–Trinajstić information content (AvgIpc) is 1.62. The number of aliphatic hydroxyl groups excluding tert-OH is 8. The van der Waals surface area contributed by atoms with Gasteiger partial charge in [0.25, 0.3) is 22.2 Å². The highest BCUT2D eigenvalue weighted by molar-refractivity contribution is 7.99. The van der Waals surface area contributed by atoms with Crippen molar-refractivity contribution in [3.8, 4) is 0 Å². The van der Waals surface area contributed by atoms with E-state index in [-0.39, 0.29) is 55.9 Å². The van der Waals surface area contributed by atoms with Crippen LogP contribution in [0, 0.1) is 13.8 Å². The summed E-state index contributed by atoms with van der Waals surface area (Å²) in [6, 6.07) is 0. The Balaban J connectivity index is 0.000000169. The molecule has 0 radical (unpaired) electrons. The molecule has 40 heteroatoms. The van der Waals surface area contributed by atoms with Gasteiger partial charge < -0.3 is 80.0 Å². The Morgan fingerprint density at radius 1 is 0.455 bits per heavy atom. The maximum atomic E-state index is 12.4. The number of H-pyrrole nitrogens is 4. The molecule has 8 aromatic heterocycles. The Hall–Kier alpha value is -5.58. The molecule has 4 aliphatic rings. The molecule has 0 aliphatic carbocycles. The van der Waals surface area contributed by atoms with E-state index in [4.69, 9.17) is 18.9 Å². The highest BCUT2D eigenvalue weighted by Gasteiger charge is 2.49. The highest BCUT2D eigenvalue weighted by atomic mass is 32.2. The number of unbranched alkanes of at least 4 members (excludes halogenated alkanes) is 3. The van der Waals surface area contributed by atoms with E-state index in [2.05, 4.69) is 157 Å². The van der Waals surface area contributed by atoms with Crippen molar-refractivity contribution in [2.75, 3.05) is 121 Å². The first kappa shape index (κ1) is 88.4. The smallest absolute Gasteiger partial charge is 0.280 e. The Morgan fingerprint density at radius 3 is 1.15 bits per heavy atom. The molecular formula is C70H114N18O16P4S2. The van der Waals surface area contributed by atoms with Gasteiger partial charge in [-0.25, -0.2) is 29.9 Å². The first-order chi connectivity index (χ1) is 51.5. The molecule has 12 rings (SSSR count). The van der Waals surface area contributed by atoms with Crippen LogP contribution < -0.4 is 32.5 Å². The molecule has 612 valence electrons. The number of aromatic nitrogens is 16. The molecule has 0 spiro atoms. The number of rotatable bonds is 27. The first-order valence-corrected chi connectivity index (χ1v) is 51.0. The summed E-state index contributed by atoms with van der Waals surface area (Å²) in [7, 11) is 5.15. The molecule has 4 saturated heterocycles. The number of aromatic amines is 4. The zero-order chi connectivity index (χ0) is 81.0. The maximum Gasteiger partial charge on any atom is 0.280 e. The van der Waals surface area contributed by atoms with Gasteiger partial charge in [-0.2, -0.15) is 9.97 Å². The highest BCUT2D eigenvalue weighted by Crippen LogP contribution is 2.45. The van der Waals surface area contributed by atoms with E-state index in [1.54, 1.807) is 49.0 Å². The van der Waals surface area contributed by atoms with Crippen molar-refractivity contribution in [1.29, 1.82) is 0 Å². The van der Waals surface area contributed by atoms with Crippen LogP contribution in [-0.2, 0) is 18.9 Å². The first-order valence-electron chi connectivity index (χ1n) is 36.8. The number of hydrogen-bond acceptors (Lipinski definition) is 28. The molecule has 4 aliphatic heterocycles. The summed E-state index contributed by atoms with van der Waals surface area (Å²) in [4.78, 5) is 96.1. The van der Waals surface area contributed by atoms with Crippen molar-refractivity contribution < 1.29 is 59.8 Å². The van der Waals surface area contributed by atoms with Crippen LogP contribution in [0.2, 0.25) is 0 Å². The van der Waals surface area contributed by atoms with E-state index in [0.717, 1.165) is 68.3 Å². The van der Waals surface area contributed by atoms with Crippen LogP contribution in [0.3, 0.4) is 0 Å². The molecule has 34 nitrogen and oxygen atoms in total. The molecule has 0 bridgehead atoms. The van der Waals surface area contributed by atoms with Crippen molar-refractivity contribution in [2.24, 2.45) is 0 Å². The van der Waals surface area contributed by atoms with Crippen LogP contribution in [0.15, 0.2) is 42.1 Å². The largest absolute Gasteiger partial charge is 0.388 e. The van der Waals surface area contributed by atoms with Gasteiger partial charge in [-0.1, -0.05) is 56.6 Å². The van der Waals surface area contributed by atoms with Gasteiger partial charge in [0.1, 0.15) is 60.5 Å². The zero-order valence-corrected chi connectivity index (χ0v) is 70.8. The molecule has 16 atom stereocenters. The van der Waals surface area contributed by atoms with Gasteiger partial charge in [-0.15, -0.1) is 52.7 Å². The summed E-state index contributed by atoms with van der Waals surface area (Å²) in [6.45, 7) is 19.6. The topological polar surface area (TPSA) is 468 Å². The molecule has 0 amide bonds. The minimum atomic E-state index is -1.28. The van der Waals surface area contributed by atoms with Crippen LogP contribution >= 0.6 is 51.1 Å². The predicted octanol–water partition coefficient (Wildman–Crippen LogP) is 4.25. The molecule has 8 aromatic rings. The maximum absolute atomic E-state index is 12.4. The van der Waals surface area contributed by atoms with Crippen LogP contribution in [0.1, 0.15) is 108 Å². The summed E-state index contributed by atoms with van der Waals surface area (Å²) in [5.41, 5.74) is 0.679. The summed E-state index contributed by atoms with van der Waals surface area (Å²) in [5, 5.41) is 88.3. The van der Waals surface area contributed by atoms with Gasteiger partial charge in [0.2, 0.25) is 11.9 Å². The Morgan fingerprint density at radius 2 is 0.791 bits per heavy atom. The number of nitrogens with one attached hydrogen (secondary N) is 5. The monoisotopic (exact) mass is 1650 g/mol. The Kier molecular flexibility index (Phi) is 29.7. The molecule has 110 heavy (non-hydrogen) atoms. The van der Waals surface area contributed by atoms with E-state index >= 15 is 0 Å². The van der Waals surface area contributed by atoms with E-state index in [1.165, 1.54) is 45.3 Å². The van der Waals surface area contributed by atoms with Crippen LogP contribution in [0.25, 0.3) is 44.7 Å². The number of fused-ring (bicyclic) bond motifs is 4. The summed E-state index contributed by atoms with van der Waals surface area (Å²) >= 11 is 3.02. The van der Waals surface area contributed by atoms with E-state index in [0.29, 0.717) is 70.5 Å². The van der Waals surface area contributed by atoms with Crippen LogP contribution in [0.4, 0.5) is 11.9 Å². The van der Waals surface area contributed by atoms with E-state index in [1.807, 2.05) is 0 Å². The van der Waals surface area contributed by atoms with Gasteiger partial charge in [-0.05, 0) is 130 Å². The van der Waals surface area contributed by atoms with E-state index < -0.39 is 126 Å². The van der Waals surface area contributed by atoms with Crippen LogP contribution in [-0.4, -0.2) is 328 Å². The number of hydrogen-bond donors (Lipinski definition) is 13. The number of imidazole rings is 4. The minimum absolute atomic E-state index is 0.151. The molecule has 13 N–H and O–H groups in total. The SMILES string of the molecule is C=P(C)(C)CC[C@H]1OC(n2c(SCCCC)nc3c(=O)[nH]c(C)nc32)[C@H](O)[C@@H]1O.C=P(C)(C)CC[C@H]1OC(n2c(SCCCCC)nc3c(=O)[nH]c(C)nc32)[C@H](O)[C@@H]1O.C=P(C)(C)CC[C@H]1OC(n2cnc3c(=O)[nH]c(N(C)C)nc32)[C@H](O)[C@@H]1O.C=P(C)(C)CC[C@H]1OC(n2cnc3c(=O)[nH]c(NC)nc32)[C@H](O)[C@@H]1O. The molecule has 4 unspecified atom stereocenters. The second kappa shape index (κ2) is 36.9. The molecular weight excluding hydrogens is 1540 g/mol. The summed E-state index contributed by atoms with van der Waals surface area (Å²) < 4.78 is 30.4. The zero-order valence-electron chi connectivity index (χ0n) is 65.6. The minimum Gasteiger partial charge on any atom is -0.388 e. The van der Waals surface area contributed by atoms with Crippen molar-refractivity contribution in [2.45, 2.75) is 194 Å². The number of nitrogens with zero attached hydrogens (tertiary/aromatic N) is 13. The molecule has 0 saturated carbocycles. The van der Waals surface area contributed by atoms with Gasteiger partial charge in [-0.3, -0.25) is 47.4 Å². The third-order valence-corrected chi connectivity index (χ3v) is 26.9. The fourth-order valence-corrected chi connectivity index (χ4v) is 18.8. The molecule has 4 fully saturated rings. The van der Waals surface area contributed by atoms with Crippen molar-refractivity contribution in [1.82, 2.24) is 78.1 Å². The average molecular weight is 1650 g/mol. The third-order valence-electron chi connectivity index (χ3n) is 19.0. The van der Waals surface area contributed by atoms with Crippen LogP contribution in [0.5, 0.6) is 0 Å². The number of ether oxygens (including phenoxy) is 4. The summed E-state index contributed by atoms with van der Waals surface area (Å²) in [5.74, 6) is 3.24. The number of aliphatic hydroxyl groups is 8. The molecule has 12 heterocycles. The number of anilines is 2. The lowest BCUT2D eigenvalue weighted by atomic mass is 10.1. The number of thioether (sulfide) groups is 2. The van der Waals surface area contributed by atoms with Crippen molar-refractivity contribution >= 4 is 133 Å². The lowest BCUT2D eigenvalue weighted by Crippen LogP contribution is -2.32. The van der Waals surface area contributed by atoms with Gasteiger partial charge in [0.05, 0.1) is 37.1 Å². The molecule has 0 aromatic carbocycles. The van der Waals surface area contributed by atoms with Gasteiger partial charge >= 0.3 is 0 Å². The fraction of sp³-hybridized carbons (Fsp3) is 0.657. The lowest BCUT2D eigenvalue weighted by Gasteiger charge is -2.20. The summed E-state index contributed by atoms with van der Waals surface area (Å²) in [6.07, 6.45) is 16.8. The quantitative estimate of drug-likeness (QED) is 0.0194. The Bertz CT molecular complexity index is 4940.